The van der Waals surface area contributed by atoms with E-state index in [2.05, 4.69) is 61.3 Å². The first-order chi connectivity index (χ1) is 8.24. The van der Waals surface area contributed by atoms with Crippen molar-refractivity contribution in [2.45, 2.75) is 39.8 Å². The van der Waals surface area contributed by atoms with Crippen molar-refractivity contribution < 1.29 is 0 Å². The van der Waals surface area contributed by atoms with Crippen molar-refractivity contribution in [2.24, 2.45) is 0 Å². The van der Waals surface area contributed by atoms with Gasteiger partial charge in [-0.1, -0.05) is 37.3 Å². The number of nitrogens with zero attached hydrogens (tertiary/aromatic N) is 1. The van der Waals surface area contributed by atoms with Crippen molar-refractivity contribution in [3.63, 3.8) is 0 Å². The molecule has 1 aromatic carbocycles. The lowest BCUT2D eigenvalue weighted by atomic mass is 10.2. The maximum Gasteiger partial charge on any atom is 0.0236 e. The topological polar surface area (TPSA) is 15.3 Å². The maximum absolute atomic E-state index is 3.38. The van der Waals surface area contributed by atoms with Crippen LogP contribution in [0.2, 0.25) is 0 Å². The Balaban J connectivity index is 2.38. The van der Waals surface area contributed by atoms with Crippen LogP contribution in [0, 0.1) is 0 Å². The summed E-state index contributed by atoms with van der Waals surface area (Å²) in [5.74, 6) is 0. The molecule has 0 aliphatic heterocycles. The second-order valence-electron chi connectivity index (χ2n) is 4.76. The fraction of sp³-hybridized carbons (Fsp3) is 0.600. The number of rotatable bonds is 8. The third-order valence-electron chi connectivity index (χ3n) is 3.01. The third-order valence-corrected chi connectivity index (χ3v) is 3.01. The van der Waals surface area contributed by atoms with Crippen LogP contribution in [0.15, 0.2) is 30.3 Å². The van der Waals surface area contributed by atoms with E-state index < -0.39 is 0 Å². The first kappa shape index (κ1) is 14.2. The van der Waals surface area contributed by atoms with Crippen LogP contribution in [0.5, 0.6) is 0 Å². The quantitative estimate of drug-likeness (QED) is 0.696. The van der Waals surface area contributed by atoms with E-state index in [4.69, 9.17) is 0 Å². The molecule has 0 atom stereocenters. The molecule has 2 nitrogen and oxygen atoms in total. The molecule has 0 spiro atoms. The zero-order valence-electron chi connectivity index (χ0n) is 11.4. The van der Waals surface area contributed by atoms with Crippen LogP contribution in [-0.4, -0.2) is 30.6 Å². The highest BCUT2D eigenvalue weighted by Crippen LogP contribution is 2.08. The predicted octanol–water partition coefficient (Wildman–Crippen LogP) is 2.90. The summed E-state index contributed by atoms with van der Waals surface area (Å²) in [5.41, 5.74) is 1.41. The van der Waals surface area contributed by atoms with Gasteiger partial charge in [-0.05, 0) is 45.5 Å². The molecule has 2 heteroatoms. The van der Waals surface area contributed by atoms with Gasteiger partial charge in [0.05, 0.1) is 0 Å². The molecule has 0 aliphatic rings. The molecule has 0 bridgehead atoms. The second kappa shape index (κ2) is 8.26. The van der Waals surface area contributed by atoms with Gasteiger partial charge < -0.3 is 5.32 Å². The van der Waals surface area contributed by atoms with E-state index in [9.17, 15) is 0 Å². The fourth-order valence-electron chi connectivity index (χ4n) is 1.92. The molecule has 1 N–H and O–H groups in total. The molecule has 17 heavy (non-hydrogen) atoms. The highest BCUT2D eigenvalue weighted by atomic mass is 15.1. The lowest BCUT2D eigenvalue weighted by Gasteiger charge is -2.26. The molecule has 0 amide bonds. The first-order valence-corrected chi connectivity index (χ1v) is 6.72. The van der Waals surface area contributed by atoms with Crippen molar-refractivity contribution >= 4 is 0 Å². The van der Waals surface area contributed by atoms with Crippen molar-refractivity contribution in [2.75, 3.05) is 19.6 Å². The van der Waals surface area contributed by atoms with Crippen molar-refractivity contribution in [1.82, 2.24) is 10.2 Å². The van der Waals surface area contributed by atoms with E-state index >= 15 is 0 Å². The van der Waals surface area contributed by atoms with Gasteiger partial charge in [0.2, 0.25) is 0 Å². The lowest BCUT2D eigenvalue weighted by Crippen LogP contribution is -2.32. The lowest BCUT2D eigenvalue weighted by molar-refractivity contribution is 0.210. The Labute approximate surface area is 106 Å². The number of hydrogen-bond acceptors (Lipinski definition) is 2. The van der Waals surface area contributed by atoms with Crippen LogP contribution < -0.4 is 5.32 Å². The highest BCUT2D eigenvalue weighted by molar-refractivity contribution is 5.14. The fourth-order valence-corrected chi connectivity index (χ4v) is 1.92. The monoisotopic (exact) mass is 234 g/mol. The van der Waals surface area contributed by atoms with Crippen LogP contribution >= 0.6 is 0 Å². The van der Waals surface area contributed by atoms with E-state index in [1.807, 2.05) is 0 Å². The molecule has 96 valence electrons. The number of benzene rings is 1. The molecule has 1 rings (SSSR count). The zero-order valence-corrected chi connectivity index (χ0v) is 11.4. The van der Waals surface area contributed by atoms with Crippen LogP contribution in [0.3, 0.4) is 0 Å². The van der Waals surface area contributed by atoms with Gasteiger partial charge in [0.25, 0.3) is 0 Å². The van der Waals surface area contributed by atoms with Gasteiger partial charge in [-0.2, -0.15) is 0 Å². The number of nitrogens with one attached hydrogen (secondary N) is 1. The van der Waals surface area contributed by atoms with Crippen LogP contribution in [0.4, 0.5) is 0 Å². The smallest absolute Gasteiger partial charge is 0.0236 e. The van der Waals surface area contributed by atoms with Gasteiger partial charge in [0.1, 0.15) is 0 Å². The number of hydrogen-bond donors (Lipinski definition) is 1. The Kier molecular flexibility index (Phi) is 6.90. The maximum atomic E-state index is 3.38. The van der Waals surface area contributed by atoms with Crippen molar-refractivity contribution in [3.8, 4) is 0 Å². The highest BCUT2D eigenvalue weighted by Gasteiger charge is 2.09. The molecule has 1 aromatic rings. The molecule has 0 aromatic heterocycles. The summed E-state index contributed by atoms with van der Waals surface area (Å²) >= 11 is 0. The molecule has 0 heterocycles. The molecule has 0 saturated heterocycles. The summed E-state index contributed by atoms with van der Waals surface area (Å²) < 4.78 is 0. The Morgan fingerprint density at radius 3 is 2.47 bits per heavy atom. The van der Waals surface area contributed by atoms with Crippen LogP contribution in [0.1, 0.15) is 32.8 Å². The SMILES string of the molecule is CCNCCCN(Cc1ccccc1)C(C)C. The van der Waals surface area contributed by atoms with Crippen LogP contribution in [0.25, 0.3) is 0 Å². The van der Waals surface area contributed by atoms with Gasteiger partial charge in [0.15, 0.2) is 0 Å². The van der Waals surface area contributed by atoms with E-state index in [-0.39, 0.29) is 0 Å². The average Bonchev–Trinajstić information content (AvgIpc) is 2.34. The minimum atomic E-state index is 0.608. The normalized spacial score (nSPS) is 11.4. The molecular weight excluding hydrogens is 208 g/mol. The van der Waals surface area contributed by atoms with E-state index in [1.54, 1.807) is 0 Å². The first-order valence-electron chi connectivity index (χ1n) is 6.72. The summed E-state index contributed by atoms with van der Waals surface area (Å²) in [6.07, 6.45) is 1.22. The molecule has 0 fully saturated rings. The van der Waals surface area contributed by atoms with Crippen molar-refractivity contribution in [3.05, 3.63) is 35.9 Å². The van der Waals surface area contributed by atoms with Gasteiger partial charge in [-0.15, -0.1) is 0 Å². The van der Waals surface area contributed by atoms with Gasteiger partial charge in [-0.3, -0.25) is 4.90 Å². The second-order valence-corrected chi connectivity index (χ2v) is 4.76. The Hall–Kier alpha value is -0.860. The largest absolute Gasteiger partial charge is 0.317 e. The van der Waals surface area contributed by atoms with Crippen molar-refractivity contribution in [1.29, 1.82) is 0 Å². The molecule has 0 radical (unpaired) electrons. The minimum Gasteiger partial charge on any atom is -0.317 e. The molecule has 0 unspecified atom stereocenters. The predicted molar refractivity (Wildman–Crippen MR) is 75.1 cm³/mol. The van der Waals surface area contributed by atoms with Crippen LogP contribution in [-0.2, 0) is 6.54 Å². The Bertz CT molecular complexity index is 282. The summed E-state index contributed by atoms with van der Waals surface area (Å²) in [6.45, 7) is 11.1. The summed E-state index contributed by atoms with van der Waals surface area (Å²) in [4.78, 5) is 2.53. The summed E-state index contributed by atoms with van der Waals surface area (Å²) in [5, 5.41) is 3.38. The molecule has 0 saturated carbocycles. The van der Waals surface area contributed by atoms with E-state index in [1.165, 1.54) is 18.5 Å². The average molecular weight is 234 g/mol. The van der Waals surface area contributed by atoms with Gasteiger partial charge >= 0.3 is 0 Å². The molecule has 0 aliphatic carbocycles. The van der Waals surface area contributed by atoms with Gasteiger partial charge in [-0.25, -0.2) is 0 Å². The Morgan fingerprint density at radius 2 is 1.88 bits per heavy atom. The minimum absolute atomic E-state index is 0.608. The zero-order chi connectivity index (χ0) is 12.5. The van der Waals surface area contributed by atoms with E-state index in [0.717, 1.165) is 19.6 Å². The van der Waals surface area contributed by atoms with Gasteiger partial charge in [0, 0.05) is 12.6 Å². The molecular formula is C15H26N2. The summed E-state index contributed by atoms with van der Waals surface area (Å²) in [7, 11) is 0. The standard InChI is InChI=1S/C15H26N2/c1-4-16-11-8-12-17(14(2)3)13-15-9-6-5-7-10-15/h5-7,9-10,14,16H,4,8,11-13H2,1-3H3. The third kappa shape index (κ3) is 5.85. The summed E-state index contributed by atoms with van der Waals surface area (Å²) in [6, 6.07) is 11.3. The Morgan fingerprint density at radius 1 is 1.18 bits per heavy atom. The van der Waals surface area contributed by atoms with E-state index in [0.29, 0.717) is 6.04 Å².